The van der Waals surface area contributed by atoms with Gasteiger partial charge in [0, 0.05) is 0 Å². The summed E-state index contributed by atoms with van der Waals surface area (Å²) in [5.41, 5.74) is 0. The summed E-state index contributed by atoms with van der Waals surface area (Å²) in [6.07, 6.45) is 0. The lowest BCUT2D eigenvalue weighted by molar-refractivity contribution is 0.286. The van der Waals surface area contributed by atoms with Gasteiger partial charge in [-0.1, -0.05) is 0 Å². The Morgan fingerprint density at radius 3 is 2.29 bits per heavy atom. The molecule has 0 saturated carbocycles. The monoisotopic (exact) mass is 129 g/mol. The Hall–Kier alpha value is -0.130. The average molecular weight is 129 g/mol. The van der Waals surface area contributed by atoms with Crippen LogP contribution in [0.25, 0.3) is 0 Å². The molecule has 0 atom stereocenters. The minimum atomic E-state index is -4.34. The van der Waals surface area contributed by atoms with Gasteiger partial charge in [-0.15, -0.1) is 0 Å². The van der Waals surface area contributed by atoms with Crippen LogP contribution in [0.3, 0.4) is 0 Å². The van der Waals surface area contributed by atoms with Crippen molar-refractivity contribution in [2.24, 2.45) is 0 Å². The van der Waals surface area contributed by atoms with E-state index in [1.54, 1.807) is 0 Å². The van der Waals surface area contributed by atoms with Crippen LogP contribution >= 0.6 is 0 Å². The fourth-order valence-corrected chi connectivity index (χ4v) is 0.102. The molecule has 0 aliphatic carbocycles. The minimum Gasteiger partial charge on any atom is -0.252 e. The SMILES string of the molecule is [2H]C([2H])([2H])OS(=O)(=O)OC. The molecule has 44 valence electrons. The first kappa shape index (κ1) is 3.01. The first-order valence-corrected chi connectivity index (χ1v) is 2.61. The Kier molecular flexibility index (Phi) is 0.966. The van der Waals surface area contributed by atoms with Crippen molar-refractivity contribution in [1.29, 1.82) is 0 Å². The molecule has 5 heteroatoms. The summed E-state index contributed by atoms with van der Waals surface area (Å²) in [5.74, 6) is 0. The van der Waals surface area contributed by atoms with Gasteiger partial charge in [0.15, 0.2) is 0 Å². The van der Waals surface area contributed by atoms with E-state index in [-0.39, 0.29) is 0 Å². The Labute approximate surface area is 46.6 Å². The van der Waals surface area contributed by atoms with Crippen LogP contribution in [0.5, 0.6) is 0 Å². The van der Waals surface area contributed by atoms with Gasteiger partial charge in [-0.2, -0.15) is 8.42 Å². The van der Waals surface area contributed by atoms with E-state index in [0.29, 0.717) is 0 Å². The molecule has 0 aromatic carbocycles. The van der Waals surface area contributed by atoms with Crippen molar-refractivity contribution < 1.29 is 20.9 Å². The van der Waals surface area contributed by atoms with E-state index in [9.17, 15) is 8.42 Å². The molecule has 0 amide bonds. The zero-order chi connectivity index (χ0) is 8.41. The zero-order valence-electron chi connectivity index (χ0n) is 6.54. The zero-order valence-corrected chi connectivity index (χ0v) is 4.36. The Morgan fingerprint density at radius 1 is 1.57 bits per heavy atom. The highest BCUT2D eigenvalue weighted by Gasteiger charge is 2.01. The molecule has 0 aliphatic rings. The standard InChI is InChI=1S/C2H6O4S/c1-5-7(3,4)6-2/h1-2H3/i1D3. The lowest BCUT2D eigenvalue weighted by Gasteiger charge is -1.91. The molecule has 0 N–H and O–H groups in total. The second kappa shape index (κ2) is 2.25. The summed E-state index contributed by atoms with van der Waals surface area (Å²) in [6.45, 7) is 0. The second-order valence-electron chi connectivity index (χ2n) is 0.658. The molecular weight excluding hydrogens is 120 g/mol. The molecule has 0 saturated heterocycles. The molecule has 0 aromatic heterocycles. The quantitative estimate of drug-likeness (QED) is 0.505. The minimum absolute atomic E-state index is 0.807. The van der Waals surface area contributed by atoms with Gasteiger partial charge in [0.25, 0.3) is 0 Å². The summed E-state index contributed by atoms with van der Waals surface area (Å²) < 4.78 is 46.7. The number of hydrogen-bond acceptors (Lipinski definition) is 4. The van der Waals surface area contributed by atoms with Crippen molar-refractivity contribution in [1.82, 2.24) is 0 Å². The fourth-order valence-electron chi connectivity index (χ4n) is 0.0340. The molecule has 0 radical (unpaired) electrons. The van der Waals surface area contributed by atoms with E-state index in [0.717, 1.165) is 7.11 Å². The summed E-state index contributed by atoms with van der Waals surface area (Å²) in [5, 5.41) is 0. The lowest BCUT2D eigenvalue weighted by Crippen LogP contribution is -2.02. The molecule has 0 heterocycles. The number of hydrogen-bond donors (Lipinski definition) is 0. The molecule has 0 bridgehead atoms. The second-order valence-corrected chi connectivity index (χ2v) is 1.97. The van der Waals surface area contributed by atoms with Crippen LogP contribution in [0, 0.1) is 0 Å². The van der Waals surface area contributed by atoms with Gasteiger partial charge in [-0.05, 0) is 0 Å². The van der Waals surface area contributed by atoms with Gasteiger partial charge in [0.05, 0.1) is 18.3 Å². The molecule has 0 aromatic rings. The molecule has 4 nitrogen and oxygen atoms in total. The Morgan fingerprint density at radius 2 is 2.14 bits per heavy atom. The molecule has 0 fully saturated rings. The van der Waals surface area contributed by atoms with Crippen molar-refractivity contribution in [3.05, 3.63) is 0 Å². The third kappa shape index (κ3) is 2.55. The predicted octanol–water partition coefficient (Wildman–Crippen LogP) is -0.476. The van der Waals surface area contributed by atoms with E-state index in [2.05, 4.69) is 8.37 Å². The maximum atomic E-state index is 10.2. The summed E-state index contributed by atoms with van der Waals surface area (Å²) >= 11 is 0. The molecule has 0 rings (SSSR count). The first-order chi connectivity index (χ1) is 4.27. The summed E-state index contributed by atoms with van der Waals surface area (Å²) in [7, 11) is -6.51. The van der Waals surface area contributed by atoms with Crippen molar-refractivity contribution in [2.45, 2.75) is 0 Å². The summed E-state index contributed by atoms with van der Waals surface area (Å²) in [6, 6.07) is 0. The fraction of sp³-hybridized carbons (Fsp3) is 1.00. The predicted molar refractivity (Wildman–Crippen MR) is 22.9 cm³/mol. The highest BCUT2D eigenvalue weighted by Crippen LogP contribution is 1.85. The van der Waals surface area contributed by atoms with Gasteiger partial charge < -0.3 is 0 Å². The van der Waals surface area contributed by atoms with Gasteiger partial charge in [0.1, 0.15) is 0 Å². The van der Waals surface area contributed by atoms with E-state index in [1.165, 1.54) is 0 Å². The Balaban J connectivity index is 4.18. The normalized spacial score (nSPS) is 19.9. The van der Waals surface area contributed by atoms with Gasteiger partial charge in [-0.3, -0.25) is 8.37 Å². The largest absolute Gasteiger partial charge is 0.399 e. The maximum Gasteiger partial charge on any atom is 0.399 e. The van der Waals surface area contributed by atoms with Crippen molar-refractivity contribution >= 4 is 10.4 Å². The van der Waals surface area contributed by atoms with E-state index >= 15 is 0 Å². The topological polar surface area (TPSA) is 52.6 Å². The maximum absolute atomic E-state index is 10.2. The van der Waals surface area contributed by atoms with Crippen LogP contribution in [0.4, 0.5) is 0 Å². The van der Waals surface area contributed by atoms with Crippen molar-refractivity contribution in [2.75, 3.05) is 14.1 Å². The lowest BCUT2D eigenvalue weighted by atomic mass is 11.8. The van der Waals surface area contributed by atoms with Crippen molar-refractivity contribution in [3.8, 4) is 0 Å². The van der Waals surface area contributed by atoms with Crippen molar-refractivity contribution in [3.63, 3.8) is 0 Å². The Bertz CT molecular complexity index is 191. The van der Waals surface area contributed by atoms with Crippen LogP contribution in [0.1, 0.15) is 4.11 Å². The van der Waals surface area contributed by atoms with Crippen LogP contribution in [-0.2, 0) is 18.8 Å². The summed E-state index contributed by atoms with van der Waals surface area (Å²) in [4.78, 5) is 0. The smallest absolute Gasteiger partial charge is 0.252 e. The molecule has 7 heavy (non-hydrogen) atoms. The third-order valence-corrected chi connectivity index (χ3v) is 0.919. The van der Waals surface area contributed by atoms with Crippen LogP contribution in [0.2, 0.25) is 0 Å². The highest BCUT2D eigenvalue weighted by molar-refractivity contribution is 7.81. The average Bonchev–Trinajstić information content (AvgIpc) is 1.60. The molecule has 0 spiro atoms. The molecule has 0 aliphatic heterocycles. The highest BCUT2D eigenvalue weighted by atomic mass is 32.3. The van der Waals surface area contributed by atoms with Gasteiger partial charge in [-0.25, -0.2) is 0 Å². The molecular formula is C2H6O4S. The van der Waals surface area contributed by atoms with E-state index < -0.39 is 17.4 Å². The molecule has 0 unspecified atom stereocenters. The first-order valence-electron chi connectivity index (χ1n) is 2.78. The van der Waals surface area contributed by atoms with E-state index in [1.807, 2.05) is 0 Å². The van der Waals surface area contributed by atoms with Crippen LogP contribution in [0.15, 0.2) is 0 Å². The van der Waals surface area contributed by atoms with Gasteiger partial charge in [0.2, 0.25) is 0 Å². The van der Waals surface area contributed by atoms with Crippen LogP contribution in [-0.4, -0.2) is 22.6 Å². The van der Waals surface area contributed by atoms with Crippen LogP contribution < -0.4 is 0 Å². The number of rotatable bonds is 2. The van der Waals surface area contributed by atoms with Gasteiger partial charge >= 0.3 is 10.4 Å². The van der Waals surface area contributed by atoms with E-state index in [4.69, 9.17) is 4.11 Å². The third-order valence-electron chi connectivity index (χ3n) is 0.306.